The first-order chi connectivity index (χ1) is 10.5. The Bertz CT molecular complexity index is 632. The molecule has 1 unspecified atom stereocenters. The van der Waals surface area contributed by atoms with Crippen molar-refractivity contribution in [1.29, 1.82) is 0 Å². The molecule has 3 rings (SSSR count). The lowest BCUT2D eigenvalue weighted by molar-refractivity contribution is -0.183. The predicted molar refractivity (Wildman–Crippen MR) is 84.3 cm³/mol. The number of hydrogen-bond donors (Lipinski definition) is 0. The number of sulfone groups is 1. The summed E-state index contributed by atoms with van der Waals surface area (Å²) in [6, 6.07) is 8.67. The van der Waals surface area contributed by atoms with Crippen molar-refractivity contribution in [2.45, 2.75) is 47.5 Å². The van der Waals surface area contributed by atoms with E-state index >= 15 is 0 Å². The molecule has 1 saturated heterocycles. The number of hydrogen-bond acceptors (Lipinski definition) is 4. The summed E-state index contributed by atoms with van der Waals surface area (Å²) in [7, 11) is -3.48. The van der Waals surface area contributed by atoms with Crippen molar-refractivity contribution in [3.63, 3.8) is 0 Å². The Balaban J connectivity index is 2.03. The number of allylic oxidation sites excluding steroid dienone is 1. The average Bonchev–Trinajstić information content (AvgIpc) is 2.96. The van der Waals surface area contributed by atoms with Gasteiger partial charge in [-0.05, 0) is 31.4 Å². The summed E-state index contributed by atoms with van der Waals surface area (Å²) >= 11 is 0. The largest absolute Gasteiger partial charge is 0.347 e. The van der Waals surface area contributed by atoms with E-state index in [1.807, 2.05) is 6.07 Å². The molecule has 0 amide bonds. The second-order valence-electron chi connectivity index (χ2n) is 6.13. The van der Waals surface area contributed by atoms with E-state index in [4.69, 9.17) is 9.47 Å². The van der Waals surface area contributed by atoms with Gasteiger partial charge in [0.1, 0.15) is 0 Å². The number of benzene rings is 1. The lowest BCUT2D eigenvalue weighted by Crippen LogP contribution is -2.50. The van der Waals surface area contributed by atoms with Gasteiger partial charge in [-0.2, -0.15) is 0 Å². The maximum atomic E-state index is 13.3. The van der Waals surface area contributed by atoms with Gasteiger partial charge in [-0.1, -0.05) is 24.3 Å². The number of rotatable bonds is 4. The highest BCUT2D eigenvalue weighted by Crippen LogP contribution is 2.48. The van der Waals surface area contributed by atoms with Crippen LogP contribution in [0.5, 0.6) is 0 Å². The fourth-order valence-electron chi connectivity index (χ4n) is 3.72. The van der Waals surface area contributed by atoms with Gasteiger partial charge in [0.2, 0.25) is 0 Å². The van der Waals surface area contributed by atoms with Crippen LogP contribution >= 0.6 is 0 Å². The predicted octanol–water partition coefficient (Wildman–Crippen LogP) is 3.09. The molecule has 1 aliphatic heterocycles. The van der Waals surface area contributed by atoms with E-state index in [0.717, 1.165) is 12.8 Å². The molecule has 1 atom stereocenters. The quantitative estimate of drug-likeness (QED) is 0.799. The average molecular weight is 322 g/mol. The third kappa shape index (κ3) is 2.51. The third-order valence-electron chi connectivity index (χ3n) is 4.74. The minimum Gasteiger partial charge on any atom is -0.347 e. The van der Waals surface area contributed by atoms with Gasteiger partial charge >= 0.3 is 0 Å². The van der Waals surface area contributed by atoms with Crippen molar-refractivity contribution in [2.24, 2.45) is 0 Å². The zero-order chi connectivity index (χ0) is 15.7. The van der Waals surface area contributed by atoms with Crippen molar-refractivity contribution in [2.75, 3.05) is 13.2 Å². The summed E-state index contributed by atoms with van der Waals surface area (Å²) in [5, 5.41) is 0. The highest BCUT2D eigenvalue weighted by atomic mass is 32.2. The maximum absolute atomic E-state index is 13.3. The molecule has 0 bridgehead atoms. The second-order valence-corrected chi connectivity index (χ2v) is 8.47. The third-order valence-corrected chi connectivity index (χ3v) is 7.28. The Morgan fingerprint density at radius 3 is 2.45 bits per heavy atom. The minimum atomic E-state index is -3.48. The van der Waals surface area contributed by atoms with E-state index in [0.29, 0.717) is 37.4 Å². The molecule has 1 spiro atoms. The Hall–Kier alpha value is -1.17. The van der Waals surface area contributed by atoms with Gasteiger partial charge in [-0.15, -0.1) is 6.58 Å². The van der Waals surface area contributed by atoms with E-state index in [1.165, 1.54) is 0 Å². The van der Waals surface area contributed by atoms with Gasteiger partial charge < -0.3 is 9.47 Å². The molecular formula is C17H22O4S. The molecule has 1 aromatic carbocycles. The lowest BCUT2D eigenvalue weighted by Gasteiger charge is -2.44. The van der Waals surface area contributed by atoms with Crippen molar-refractivity contribution in [1.82, 2.24) is 0 Å². The molecule has 0 aromatic heterocycles. The Morgan fingerprint density at radius 1 is 1.14 bits per heavy atom. The summed E-state index contributed by atoms with van der Waals surface area (Å²) in [6.45, 7) is 4.85. The Labute approximate surface area is 132 Å². The van der Waals surface area contributed by atoms with Gasteiger partial charge in [-0.25, -0.2) is 8.42 Å². The first-order valence-electron chi connectivity index (χ1n) is 7.72. The van der Waals surface area contributed by atoms with Crippen molar-refractivity contribution in [3.05, 3.63) is 43.0 Å². The van der Waals surface area contributed by atoms with Gasteiger partial charge in [0, 0.05) is 12.8 Å². The molecule has 1 saturated carbocycles. The Kier molecular flexibility index (Phi) is 4.14. The fourth-order valence-corrected chi connectivity index (χ4v) is 5.89. The summed E-state index contributed by atoms with van der Waals surface area (Å²) < 4.78 is 37.3. The SMILES string of the molecule is C=CCC1(S(=O)(=O)c2ccccc2)CCCC2(C1)OCCO2. The first-order valence-corrected chi connectivity index (χ1v) is 9.21. The van der Waals surface area contributed by atoms with Crippen LogP contribution in [0, 0.1) is 0 Å². The molecule has 1 aromatic rings. The molecular weight excluding hydrogens is 300 g/mol. The zero-order valence-corrected chi connectivity index (χ0v) is 13.5. The minimum absolute atomic E-state index is 0.367. The standard InChI is InChI=1S/C17H22O4S/c1-2-9-16(22(18,19)15-7-4-3-5-8-15)10-6-11-17(14-16)20-12-13-21-17/h2-5,7-8H,1,6,9-14H2. The zero-order valence-electron chi connectivity index (χ0n) is 12.7. The molecule has 1 heterocycles. The normalized spacial score (nSPS) is 27.8. The van der Waals surface area contributed by atoms with Crippen LogP contribution in [-0.4, -0.2) is 32.2 Å². The summed E-state index contributed by atoms with van der Waals surface area (Å²) in [5.74, 6) is -0.733. The molecule has 1 aliphatic carbocycles. The van der Waals surface area contributed by atoms with E-state index in [1.54, 1.807) is 30.3 Å². The molecule has 4 nitrogen and oxygen atoms in total. The summed E-state index contributed by atoms with van der Waals surface area (Å²) in [5.41, 5.74) is 0. The van der Waals surface area contributed by atoms with Crippen molar-refractivity contribution in [3.8, 4) is 0 Å². The smallest absolute Gasteiger partial charge is 0.184 e. The van der Waals surface area contributed by atoms with Crippen molar-refractivity contribution < 1.29 is 17.9 Å². The summed E-state index contributed by atoms with van der Waals surface area (Å²) in [4.78, 5) is 0.367. The summed E-state index contributed by atoms with van der Waals surface area (Å²) in [6.07, 6.45) is 4.65. The molecule has 2 aliphatic rings. The Morgan fingerprint density at radius 2 is 1.82 bits per heavy atom. The van der Waals surface area contributed by atoms with Gasteiger partial charge in [0.25, 0.3) is 0 Å². The van der Waals surface area contributed by atoms with Crippen LogP contribution in [-0.2, 0) is 19.3 Å². The molecule has 22 heavy (non-hydrogen) atoms. The van der Waals surface area contributed by atoms with Crippen LogP contribution in [0.1, 0.15) is 32.1 Å². The molecule has 5 heteroatoms. The van der Waals surface area contributed by atoms with Crippen LogP contribution < -0.4 is 0 Å². The monoisotopic (exact) mass is 322 g/mol. The topological polar surface area (TPSA) is 52.6 Å². The molecule has 120 valence electrons. The van der Waals surface area contributed by atoms with Gasteiger partial charge in [-0.3, -0.25) is 0 Å². The van der Waals surface area contributed by atoms with Gasteiger partial charge in [0.15, 0.2) is 15.6 Å². The van der Waals surface area contributed by atoms with Crippen LogP contribution in [0.15, 0.2) is 47.9 Å². The molecule has 0 radical (unpaired) electrons. The van der Waals surface area contributed by atoms with Gasteiger partial charge in [0.05, 0.1) is 22.9 Å². The highest BCUT2D eigenvalue weighted by molar-refractivity contribution is 7.92. The van der Waals surface area contributed by atoms with E-state index in [2.05, 4.69) is 6.58 Å². The van der Waals surface area contributed by atoms with E-state index in [-0.39, 0.29) is 0 Å². The van der Waals surface area contributed by atoms with Crippen molar-refractivity contribution >= 4 is 9.84 Å². The second kappa shape index (κ2) is 5.80. The highest BCUT2D eigenvalue weighted by Gasteiger charge is 2.54. The maximum Gasteiger partial charge on any atom is 0.184 e. The fraction of sp³-hybridized carbons (Fsp3) is 0.529. The first kappa shape index (κ1) is 15.7. The lowest BCUT2D eigenvalue weighted by atomic mass is 9.82. The van der Waals surface area contributed by atoms with Crippen LogP contribution in [0.2, 0.25) is 0 Å². The van der Waals surface area contributed by atoms with Crippen LogP contribution in [0.25, 0.3) is 0 Å². The van der Waals surface area contributed by atoms with E-state index in [9.17, 15) is 8.42 Å². The van der Waals surface area contributed by atoms with E-state index < -0.39 is 20.4 Å². The molecule has 0 N–H and O–H groups in total. The molecule has 2 fully saturated rings. The van der Waals surface area contributed by atoms with Crippen LogP contribution in [0.3, 0.4) is 0 Å². The van der Waals surface area contributed by atoms with Crippen LogP contribution in [0.4, 0.5) is 0 Å². The number of ether oxygens (including phenoxy) is 2.